The molecule has 1 atom stereocenters. The van der Waals surface area contributed by atoms with E-state index in [1.54, 1.807) is 0 Å². The van der Waals surface area contributed by atoms with Gasteiger partial charge in [0.2, 0.25) is 5.91 Å². The van der Waals surface area contributed by atoms with Crippen molar-refractivity contribution in [1.82, 2.24) is 5.32 Å². The lowest BCUT2D eigenvalue weighted by atomic mass is 10.1. The number of rotatable bonds is 6. The first kappa shape index (κ1) is 15.0. The lowest BCUT2D eigenvalue weighted by Gasteiger charge is -2.09. The third-order valence-electron chi connectivity index (χ3n) is 3.69. The number of carbonyl (C=O) groups is 1. The van der Waals surface area contributed by atoms with Gasteiger partial charge in [0.05, 0.1) is 11.5 Å². The summed E-state index contributed by atoms with van der Waals surface area (Å²) in [6.45, 7) is 0.577. The fourth-order valence-corrected chi connectivity index (χ4v) is 4.42. The Morgan fingerprint density at radius 3 is 2.65 bits per heavy atom. The summed E-state index contributed by atoms with van der Waals surface area (Å²) < 4.78 is 22.6. The highest BCUT2D eigenvalue weighted by Gasteiger charge is 2.27. The van der Waals surface area contributed by atoms with Crippen molar-refractivity contribution in [2.24, 2.45) is 5.92 Å². The van der Waals surface area contributed by atoms with Gasteiger partial charge in [0.25, 0.3) is 0 Å². The fraction of sp³-hybridized carbons (Fsp3) is 0.533. The first-order valence-corrected chi connectivity index (χ1v) is 8.88. The molecule has 20 heavy (non-hydrogen) atoms. The number of hydrogen-bond acceptors (Lipinski definition) is 3. The Morgan fingerprint density at radius 2 is 2.00 bits per heavy atom. The highest BCUT2D eigenvalue weighted by molar-refractivity contribution is 7.91. The van der Waals surface area contributed by atoms with Crippen molar-refractivity contribution >= 4 is 15.7 Å². The van der Waals surface area contributed by atoms with E-state index in [2.05, 4.69) is 5.32 Å². The van der Waals surface area contributed by atoms with Crippen LogP contribution in [0.5, 0.6) is 0 Å². The summed E-state index contributed by atoms with van der Waals surface area (Å²) in [5, 5.41) is 2.87. The predicted octanol–water partition coefficient (Wildman–Crippen LogP) is 1.56. The zero-order chi connectivity index (χ0) is 14.4. The van der Waals surface area contributed by atoms with Gasteiger partial charge in [-0.25, -0.2) is 8.42 Å². The van der Waals surface area contributed by atoms with Crippen LogP contribution in [0.25, 0.3) is 0 Å². The molecule has 1 saturated heterocycles. The maximum atomic E-state index is 11.7. The molecule has 1 heterocycles. The van der Waals surface area contributed by atoms with Gasteiger partial charge < -0.3 is 5.32 Å². The van der Waals surface area contributed by atoms with Crippen LogP contribution in [0.15, 0.2) is 30.3 Å². The summed E-state index contributed by atoms with van der Waals surface area (Å²) in [4.78, 5) is 11.7. The molecular weight excluding hydrogens is 274 g/mol. The average molecular weight is 295 g/mol. The van der Waals surface area contributed by atoms with Crippen molar-refractivity contribution in [1.29, 1.82) is 0 Å². The monoisotopic (exact) mass is 295 g/mol. The molecule has 1 aliphatic rings. The number of sulfone groups is 1. The van der Waals surface area contributed by atoms with Gasteiger partial charge in [-0.2, -0.15) is 0 Å². The van der Waals surface area contributed by atoms with Gasteiger partial charge >= 0.3 is 0 Å². The van der Waals surface area contributed by atoms with Crippen molar-refractivity contribution in [3.05, 3.63) is 35.9 Å². The zero-order valence-corrected chi connectivity index (χ0v) is 12.4. The maximum absolute atomic E-state index is 11.7. The number of amides is 1. The second-order valence-electron chi connectivity index (χ2n) is 5.39. The van der Waals surface area contributed by atoms with E-state index >= 15 is 0 Å². The second kappa shape index (κ2) is 6.88. The van der Waals surface area contributed by atoms with E-state index in [1.807, 2.05) is 30.3 Å². The molecule has 1 aliphatic heterocycles. The van der Waals surface area contributed by atoms with Gasteiger partial charge in [0.15, 0.2) is 9.84 Å². The van der Waals surface area contributed by atoms with E-state index in [4.69, 9.17) is 0 Å². The van der Waals surface area contributed by atoms with Crippen molar-refractivity contribution in [2.75, 3.05) is 18.1 Å². The van der Waals surface area contributed by atoms with Crippen LogP contribution in [-0.2, 0) is 21.1 Å². The quantitative estimate of drug-likeness (QED) is 0.866. The first-order valence-electron chi connectivity index (χ1n) is 7.06. The van der Waals surface area contributed by atoms with Gasteiger partial charge in [-0.3, -0.25) is 4.79 Å². The molecule has 0 spiro atoms. The Bertz CT molecular complexity index is 539. The predicted molar refractivity (Wildman–Crippen MR) is 79.2 cm³/mol. The zero-order valence-electron chi connectivity index (χ0n) is 11.5. The van der Waals surface area contributed by atoms with E-state index in [0.29, 0.717) is 18.7 Å². The van der Waals surface area contributed by atoms with Crippen LogP contribution in [0, 0.1) is 5.92 Å². The Balaban J connectivity index is 1.61. The summed E-state index contributed by atoms with van der Waals surface area (Å²) >= 11 is 0. The molecule has 1 amide bonds. The molecule has 5 heteroatoms. The minimum atomic E-state index is -2.81. The normalized spacial score (nSPS) is 20.7. The average Bonchev–Trinajstić information content (AvgIpc) is 2.77. The standard InChI is InChI=1S/C15H21NO3S/c17-15(7-6-13-4-2-1-3-5-13)16-10-8-14-9-11-20(18,19)12-14/h1-5,14H,6-12H2,(H,16,17). The number of carbonyl (C=O) groups excluding carboxylic acids is 1. The summed E-state index contributed by atoms with van der Waals surface area (Å²) in [5.41, 5.74) is 1.16. The molecule has 0 aliphatic carbocycles. The fourth-order valence-electron chi connectivity index (χ4n) is 2.51. The lowest BCUT2D eigenvalue weighted by molar-refractivity contribution is -0.121. The molecule has 0 radical (unpaired) electrons. The minimum absolute atomic E-state index is 0.0368. The van der Waals surface area contributed by atoms with Crippen molar-refractivity contribution in [2.45, 2.75) is 25.7 Å². The molecule has 0 saturated carbocycles. The largest absolute Gasteiger partial charge is 0.356 e. The molecule has 1 unspecified atom stereocenters. The van der Waals surface area contributed by atoms with E-state index in [0.717, 1.165) is 24.8 Å². The molecule has 4 nitrogen and oxygen atoms in total. The van der Waals surface area contributed by atoms with E-state index in [9.17, 15) is 13.2 Å². The first-order chi connectivity index (χ1) is 9.55. The highest BCUT2D eigenvalue weighted by atomic mass is 32.2. The summed E-state index contributed by atoms with van der Waals surface area (Å²) in [6, 6.07) is 9.91. The molecule has 2 rings (SSSR count). The summed E-state index contributed by atoms with van der Waals surface area (Å²) in [5.74, 6) is 0.844. The molecule has 1 aromatic rings. The van der Waals surface area contributed by atoms with E-state index < -0.39 is 9.84 Å². The summed E-state index contributed by atoms with van der Waals surface area (Å²) in [7, 11) is -2.81. The van der Waals surface area contributed by atoms with Gasteiger partial charge in [0, 0.05) is 13.0 Å². The highest BCUT2D eigenvalue weighted by Crippen LogP contribution is 2.20. The molecular formula is C15H21NO3S. The van der Waals surface area contributed by atoms with E-state index in [-0.39, 0.29) is 17.6 Å². The number of aryl methyl sites for hydroxylation is 1. The molecule has 1 aromatic carbocycles. The molecule has 0 bridgehead atoms. The van der Waals surface area contributed by atoms with Crippen molar-refractivity contribution in [3.63, 3.8) is 0 Å². The smallest absolute Gasteiger partial charge is 0.220 e. The molecule has 1 N–H and O–H groups in total. The lowest BCUT2D eigenvalue weighted by Crippen LogP contribution is -2.26. The Hall–Kier alpha value is -1.36. The van der Waals surface area contributed by atoms with E-state index in [1.165, 1.54) is 0 Å². The maximum Gasteiger partial charge on any atom is 0.220 e. The topological polar surface area (TPSA) is 63.2 Å². The van der Waals surface area contributed by atoms with Crippen molar-refractivity contribution < 1.29 is 13.2 Å². The van der Waals surface area contributed by atoms with Crippen LogP contribution < -0.4 is 5.32 Å². The number of benzene rings is 1. The summed E-state index contributed by atoms with van der Waals surface area (Å²) in [6.07, 6.45) is 2.72. The Labute approximate surface area is 120 Å². The molecule has 0 aromatic heterocycles. The van der Waals surface area contributed by atoms with Gasteiger partial charge in [-0.05, 0) is 30.7 Å². The number of hydrogen-bond donors (Lipinski definition) is 1. The van der Waals surface area contributed by atoms with Crippen LogP contribution in [-0.4, -0.2) is 32.4 Å². The van der Waals surface area contributed by atoms with Crippen LogP contribution in [0.4, 0.5) is 0 Å². The Morgan fingerprint density at radius 1 is 1.25 bits per heavy atom. The van der Waals surface area contributed by atoms with Gasteiger partial charge in [-0.1, -0.05) is 30.3 Å². The number of nitrogens with one attached hydrogen (secondary N) is 1. The second-order valence-corrected chi connectivity index (χ2v) is 7.62. The van der Waals surface area contributed by atoms with Gasteiger partial charge in [-0.15, -0.1) is 0 Å². The minimum Gasteiger partial charge on any atom is -0.356 e. The van der Waals surface area contributed by atoms with Crippen LogP contribution in [0.1, 0.15) is 24.8 Å². The SMILES string of the molecule is O=C(CCc1ccccc1)NCCC1CCS(=O)(=O)C1. The van der Waals surface area contributed by atoms with Crippen LogP contribution >= 0.6 is 0 Å². The third kappa shape index (κ3) is 4.96. The van der Waals surface area contributed by atoms with Crippen LogP contribution in [0.3, 0.4) is 0 Å². The third-order valence-corrected chi connectivity index (χ3v) is 5.52. The molecule has 110 valence electrons. The van der Waals surface area contributed by atoms with Gasteiger partial charge in [0.1, 0.15) is 0 Å². The van der Waals surface area contributed by atoms with Crippen LogP contribution in [0.2, 0.25) is 0 Å². The van der Waals surface area contributed by atoms with Crippen molar-refractivity contribution in [3.8, 4) is 0 Å². The molecule has 1 fully saturated rings. The Kier molecular flexibility index (Phi) is 5.17.